The van der Waals surface area contributed by atoms with Crippen LogP contribution in [0.1, 0.15) is 23.1 Å². The van der Waals surface area contributed by atoms with Crippen LogP contribution in [0, 0.1) is 32.1 Å². The molecule has 4 heteroatoms. The molecule has 1 atom stereocenters. The van der Waals surface area contributed by atoms with Crippen molar-refractivity contribution in [3.8, 4) is 6.07 Å². The Balaban J connectivity index is 2.36. The number of aryl methyl sites for hydroxylation is 3. The van der Waals surface area contributed by atoms with Crippen LogP contribution in [0.5, 0.6) is 0 Å². The Bertz CT molecular complexity index is 522. The molecule has 0 bridgehead atoms. The average Bonchev–Trinajstić information content (AvgIpc) is 2.32. The quantitative estimate of drug-likeness (QED) is 0.879. The lowest BCUT2D eigenvalue weighted by molar-refractivity contribution is -0.121. The fourth-order valence-electron chi connectivity index (χ4n) is 2.81. The topological polar surface area (TPSA) is 56.1 Å². The molecule has 1 aromatic rings. The summed E-state index contributed by atoms with van der Waals surface area (Å²) in [4.78, 5) is 14.2. The van der Waals surface area contributed by atoms with Crippen LogP contribution in [0.3, 0.4) is 0 Å². The molecule has 1 amide bonds. The van der Waals surface area contributed by atoms with Gasteiger partial charge in [-0.15, -0.1) is 0 Å². The van der Waals surface area contributed by atoms with Gasteiger partial charge in [0.2, 0.25) is 5.91 Å². The molecule has 100 valence electrons. The van der Waals surface area contributed by atoms with E-state index < -0.39 is 0 Å². The summed E-state index contributed by atoms with van der Waals surface area (Å²) in [7, 11) is 0. The first-order valence-electron chi connectivity index (χ1n) is 6.54. The second-order valence-electron chi connectivity index (χ2n) is 5.11. The van der Waals surface area contributed by atoms with Crippen molar-refractivity contribution >= 4 is 11.6 Å². The molecule has 1 heterocycles. The highest BCUT2D eigenvalue weighted by Gasteiger charge is 2.30. The Morgan fingerprint density at radius 3 is 2.58 bits per heavy atom. The van der Waals surface area contributed by atoms with Gasteiger partial charge in [0.15, 0.2) is 0 Å². The van der Waals surface area contributed by atoms with Crippen molar-refractivity contribution < 1.29 is 4.79 Å². The summed E-state index contributed by atoms with van der Waals surface area (Å²) in [6, 6.07) is 5.88. The number of amides is 1. The molecular weight excluding hydrogens is 238 g/mol. The molecule has 1 fully saturated rings. The zero-order valence-electron chi connectivity index (χ0n) is 11.7. The van der Waals surface area contributed by atoms with Gasteiger partial charge in [-0.05, 0) is 31.9 Å². The summed E-state index contributed by atoms with van der Waals surface area (Å²) in [6.07, 6.45) is 0.222. The number of rotatable bonds is 2. The van der Waals surface area contributed by atoms with Gasteiger partial charge in [-0.25, -0.2) is 0 Å². The van der Waals surface area contributed by atoms with Gasteiger partial charge in [0.25, 0.3) is 0 Å². The highest BCUT2D eigenvalue weighted by Crippen LogP contribution is 2.27. The largest absolute Gasteiger partial charge is 0.309 e. The SMILES string of the molecule is Cc1cc(C)c(N2CCNC(CC#N)C2=O)c(C)c1. The second-order valence-corrected chi connectivity index (χ2v) is 5.11. The lowest BCUT2D eigenvalue weighted by atomic mass is 10.0. The summed E-state index contributed by atoms with van der Waals surface area (Å²) < 4.78 is 0. The minimum atomic E-state index is -0.376. The first-order chi connectivity index (χ1) is 9.04. The van der Waals surface area contributed by atoms with Crippen molar-refractivity contribution in [2.75, 3.05) is 18.0 Å². The molecule has 4 nitrogen and oxygen atoms in total. The smallest absolute Gasteiger partial charge is 0.245 e. The van der Waals surface area contributed by atoms with E-state index in [9.17, 15) is 4.79 Å². The summed E-state index contributed by atoms with van der Waals surface area (Å²) in [5.41, 5.74) is 4.43. The predicted molar refractivity (Wildman–Crippen MR) is 75.0 cm³/mol. The van der Waals surface area contributed by atoms with Gasteiger partial charge in [-0.2, -0.15) is 5.26 Å². The van der Waals surface area contributed by atoms with Crippen LogP contribution >= 0.6 is 0 Å². The van der Waals surface area contributed by atoms with Gasteiger partial charge in [0, 0.05) is 18.8 Å². The maximum absolute atomic E-state index is 12.4. The number of hydrogen-bond acceptors (Lipinski definition) is 3. The van der Waals surface area contributed by atoms with Crippen LogP contribution in [0.4, 0.5) is 5.69 Å². The molecule has 19 heavy (non-hydrogen) atoms. The first-order valence-corrected chi connectivity index (χ1v) is 6.54. The summed E-state index contributed by atoms with van der Waals surface area (Å²) in [5.74, 6) is 0.00264. The number of hydrogen-bond donors (Lipinski definition) is 1. The van der Waals surface area contributed by atoms with Crippen molar-refractivity contribution in [2.24, 2.45) is 0 Å². The van der Waals surface area contributed by atoms with Crippen LogP contribution in [0.25, 0.3) is 0 Å². The molecule has 0 spiro atoms. The normalized spacial score (nSPS) is 19.4. The van der Waals surface area contributed by atoms with Crippen LogP contribution in [0.15, 0.2) is 12.1 Å². The maximum Gasteiger partial charge on any atom is 0.245 e. The Morgan fingerprint density at radius 1 is 1.37 bits per heavy atom. The molecule has 1 aliphatic rings. The van der Waals surface area contributed by atoms with Crippen molar-refractivity contribution in [1.29, 1.82) is 5.26 Å². The highest BCUT2D eigenvalue weighted by atomic mass is 16.2. The number of nitriles is 1. The third kappa shape index (κ3) is 2.61. The molecule has 1 aliphatic heterocycles. The molecule has 0 radical (unpaired) electrons. The number of benzene rings is 1. The molecule has 1 N–H and O–H groups in total. The lowest BCUT2D eigenvalue weighted by Gasteiger charge is -2.34. The van der Waals surface area contributed by atoms with Gasteiger partial charge >= 0.3 is 0 Å². The van der Waals surface area contributed by atoms with E-state index in [0.717, 1.165) is 23.4 Å². The number of anilines is 1. The Morgan fingerprint density at radius 2 is 2.00 bits per heavy atom. The Hall–Kier alpha value is -1.86. The molecule has 1 unspecified atom stereocenters. The van der Waals surface area contributed by atoms with Crippen LogP contribution < -0.4 is 10.2 Å². The molecule has 0 saturated carbocycles. The molecule has 0 aliphatic carbocycles. The van der Waals surface area contributed by atoms with Crippen molar-refractivity contribution in [1.82, 2.24) is 5.32 Å². The molecule has 1 aromatic carbocycles. The molecular formula is C15H19N3O. The lowest BCUT2D eigenvalue weighted by Crippen LogP contribution is -2.55. The third-order valence-corrected chi connectivity index (χ3v) is 3.49. The van der Waals surface area contributed by atoms with E-state index in [1.54, 1.807) is 0 Å². The maximum atomic E-state index is 12.4. The fourth-order valence-corrected chi connectivity index (χ4v) is 2.81. The Labute approximate surface area is 114 Å². The summed E-state index contributed by atoms with van der Waals surface area (Å²) >= 11 is 0. The van der Waals surface area contributed by atoms with E-state index in [1.165, 1.54) is 5.56 Å². The van der Waals surface area contributed by atoms with E-state index in [1.807, 2.05) is 18.7 Å². The van der Waals surface area contributed by atoms with E-state index in [4.69, 9.17) is 5.26 Å². The number of piperazine rings is 1. The number of carbonyl (C=O) groups is 1. The molecule has 0 aromatic heterocycles. The average molecular weight is 257 g/mol. The van der Waals surface area contributed by atoms with Gasteiger partial charge in [-0.3, -0.25) is 4.79 Å². The second kappa shape index (κ2) is 5.41. The molecule has 2 rings (SSSR count). The highest BCUT2D eigenvalue weighted by molar-refractivity contribution is 5.99. The van der Waals surface area contributed by atoms with Crippen LogP contribution in [-0.2, 0) is 4.79 Å². The third-order valence-electron chi connectivity index (χ3n) is 3.49. The Kier molecular flexibility index (Phi) is 3.87. The number of carbonyl (C=O) groups excluding carboxylic acids is 1. The summed E-state index contributed by atoms with van der Waals surface area (Å²) in [5, 5.41) is 11.9. The van der Waals surface area contributed by atoms with Gasteiger partial charge in [0.1, 0.15) is 6.04 Å². The molecule has 1 saturated heterocycles. The van der Waals surface area contributed by atoms with Crippen LogP contribution in [0.2, 0.25) is 0 Å². The van der Waals surface area contributed by atoms with Gasteiger partial charge < -0.3 is 10.2 Å². The summed E-state index contributed by atoms with van der Waals surface area (Å²) in [6.45, 7) is 7.51. The first kappa shape index (κ1) is 13.6. The standard InChI is InChI=1S/C15H19N3O/c1-10-8-11(2)14(12(3)9-10)18-7-6-17-13(4-5-16)15(18)19/h8-9,13,17H,4,6-7H2,1-3H3. The monoisotopic (exact) mass is 257 g/mol. The number of nitrogens with zero attached hydrogens (tertiary/aromatic N) is 2. The van der Waals surface area contributed by atoms with Crippen LogP contribution in [-0.4, -0.2) is 25.0 Å². The van der Waals surface area contributed by atoms with E-state index >= 15 is 0 Å². The van der Waals surface area contributed by atoms with Gasteiger partial charge in [-0.1, -0.05) is 17.7 Å². The van der Waals surface area contributed by atoms with E-state index in [0.29, 0.717) is 6.54 Å². The van der Waals surface area contributed by atoms with Crippen molar-refractivity contribution in [3.05, 3.63) is 28.8 Å². The minimum Gasteiger partial charge on any atom is -0.309 e. The van der Waals surface area contributed by atoms with Crippen molar-refractivity contribution in [3.63, 3.8) is 0 Å². The zero-order valence-corrected chi connectivity index (χ0v) is 11.7. The van der Waals surface area contributed by atoms with Gasteiger partial charge in [0.05, 0.1) is 12.5 Å². The zero-order chi connectivity index (χ0) is 14.0. The van der Waals surface area contributed by atoms with Crippen molar-refractivity contribution in [2.45, 2.75) is 33.2 Å². The number of nitrogens with one attached hydrogen (secondary N) is 1. The fraction of sp³-hybridized carbons (Fsp3) is 0.467. The van der Waals surface area contributed by atoms with E-state index in [-0.39, 0.29) is 18.4 Å². The minimum absolute atomic E-state index is 0.00264. The van der Waals surface area contributed by atoms with E-state index in [2.05, 4.69) is 30.4 Å². The predicted octanol–water partition coefficient (Wildman–Crippen LogP) is 1.83.